The second-order valence-corrected chi connectivity index (χ2v) is 3.94. The highest BCUT2D eigenvalue weighted by Gasteiger charge is 2.45. The molecule has 6 nitrogen and oxygen atoms in total. The molecule has 0 radical (unpaired) electrons. The van der Waals surface area contributed by atoms with Crippen molar-refractivity contribution in [1.29, 1.82) is 0 Å². The highest BCUT2D eigenvalue weighted by molar-refractivity contribution is 4.96. The summed E-state index contributed by atoms with van der Waals surface area (Å²) in [6.45, 7) is 2.94. The summed E-state index contributed by atoms with van der Waals surface area (Å²) in [6.07, 6.45) is 1.90. The van der Waals surface area contributed by atoms with Crippen LogP contribution >= 0.6 is 0 Å². The van der Waals surface area contributed by atoms with Gasteiger partial charge in [-0.2, -0.15) is 0 Å². The molecule has 2 aliphatic rings. The maximum Gasteiger partial charge on any atom is 0.0524 e. The third-order valence-electron chi connectivity index (χ3n) is 3.07. The van der Waals surface area contributed by atoms with Gasteiger partial charge in [-0.25, -0.2) is 0 Å². The van der Waals surface area contributed by atoms with Crippen LogP contribution in [-0.2, 0) is 0 Å². The molecule has 6 heteroatoms. The van der Waals surface area contributed by atoms with Crippen LogP contribution in [0.3, 0.4) is 0 Å². The number of rotatable bonds is 2. The zero-order valence-electron chi connectivity index (χ0n) is 7.35. The van der Waals surface area contributed by atoms with Crippen molar-refractivity contribution in [1.82, 2.24) is 10.0 Å². The van der Waals surface area contributed by atoms with Gasteiger partial charge < -0.3 is 0 Å². The number of nitroso groups, excluding NO2 is 2. The van der Waals surface area contributed by atoms with E-state index in [4.69, 9.17) is 0 Å². The van der Waals surface area contributed by atoms with E-state index in [1.54, 1.807) is 5.01 Å². The van der Waals surface area contributed by atoms with Crippen molar-refractivity contribution in [2.45, 2.75) is 12.8 Å². The summed E-state index contributed by atoms with van der Waals surface area (Å²) in [5.74, 6) is 0. The minimum absolute atomic E-state index is 0.245. The normalized spacial score (nSPS) is 25.5. The highest BCUT2D eigenvalue weighted by Crippen LogP contribution is 2.40. The van der Waals surface area contributed by atoms with Crippen LogP contribution in [0, 0.1) is 15.2 Å². The van der Waals surface area contributed by atoms with E-state index < -0.39 is 0 Å². The van der Waals surface area contributed by atoms with Gasteiger partial charge in [0, 0.05) is 31.6 Å². The first-order valence-corrected chi connectivity index (χ1v) is 4.44. The summed E-state index contributed by atoms with van der Waals surface area (Å²) < 4.78 is 0. The summed E-state index contributed by atoms with van der Waals surface area (Å²) in [5, 5.41) is 8.84. The Kier molecular flexibility index (Phi) is 1.90. The molecule has 2 saturated heterocycles. The SMILES string of the molecule is O=NN1CCC2(CC1)CN(N=O)C2. The lowest BCUT2D eigenvalue weighted by molar-refractivity contribution is -0.0463. The Morgan fingerprint density at radius 2 is 1.46 bits per heavy atom. The van der Waals surface area contributed by atoms with Crippen molar-refractivity contribution in [3.05, 3.63) is 9.81 Å². The van der Waals surface area contributed by atoms with E-state index in [0.29, 0.717) is 0 Å². The molecule has 0 amide bonds. The van der Waals surface area contributed by atoms with Crippen molar-refractivity contribution in [2.24, 2.45) is 16.0 Å². The summed E-state index contributed by atoms with van der Waals surface area (Å²) in [7, 11) is 0. The number of hydrogen-bond acceptors (Lipinski definition) is 4. The average molecular weight is 184 g/mol. The molecule has 1 spiro atoms. The van der Waals surface area contributed by atoms with E-state index in [2.05, 4.69) is 10.6 Å². The summed E-state index contributed by atoms with van der Waals surface area (Å²) in [6, 6.07) is 0. The zero-order valence-corrected chi connectivity index (χ0v) is 7.35. The van der Waals surface area contributed by atoms with Crippen molar-refractivity contribution >= 4 is 0 Å². The topological polar surface area (TPSA) is 65.3 Å². The zero-order chi connectivity index (χ0) is 9.31. The van der Waals surface area contributed by atoms with E-state index >= 15 is 0 Å². The standard InChI is InChI=1S/C7H12N4O2/c12-8-10-3-1-7(2-4-10)5-11(6-7)9-13/h1-6H2. The van der Waals surface area contributed by atoms with Gasteiger partial charge in [0.25, 0.3) is 0 Å². The molecule has 2 fully saturated rings. The lowest BCUT2D eigenvalue weighted by Crippen LogP contribution is -2.57. The quantitative estimate of drug-likeness (QED) is 0.594. The molecule has 0 N–H and O–H groups in total. The molecule has 0 atom stereocenters. The smallest absolute Gasteiger partial charge is 0.0524 e. The molecule has 2 heterocycles. The lowest BCUT2D eigenvalue weighted by Gasteiger charge is -2.50. The van der Waals surface area contributed by atoms with Crippen molar-refractivity contribution in [2.75, 3.05) is 26.2 Å². The third kappa shape index (κ3) is 1.36. The largest absolute Gasteiger partial charge is 0.261 e. The predicted molar refractivity (Wildman–Crippen MR) is 46.4 cm³/mol. The van der Waals surface area contributed by atoms with Crippen LogP contribution in [-0.4, -0.2) is 36.2 Å². The Morgan fingerprint density at radius 3 is 1.92 bits per heavy atom. The van der Waals surface area contributed by atoms with Crippen LogP contribution in [0.1, 0.15) is 12.8 Å². The Morgan fingerprint density at radius 1 is 0.923 bits per heavy atom. The molecule has 72 valence electrons. The van der Waals surface area contributed by atoms with Gasteiger partial charge in [0.2, 0.25) is 0 Å². The van der Waals surface area contributed by atoms with Gasteiger partial charge in [0.1, 0.15) is 0 Å². The molecule has 0 bridgehead atoms. The number of piperidine rings is 1. The second-order valence-electron chi connectivity index (χ2n) is 3.94. The Bertz CT molecular complexity index is 217. The minimum Gasteiger partial charge on any atom is -0.261 e. The summed E-state index contributed by atoms with van der Waals surface area (Å²) in [4.78, 5) is 20.3. The van der Waals surface area contributed by atoms with E-state index in [-0.39, 0.29) is 5.41 Å². The molecule has 0 aromatic rings. The van der Waals surface area contributed by atoms with Crippen molar-refractivity contribution in [3.8, 4) is 0 Å². The van der Waals surface area contributed by atoms with Gasteiger partial charge in [-0.15, -0.1) is 9.81 Å². The average Bonchev–Trinajstić information content (AvgIpc) is 2.14. The maximum absolute atomic E-state index is 10.2. The summed E-state index contributed by atoms with van der Waals surface area (Å²) in [5.41, 5.74) is 0.245. The van der Waals surface area contributed by atoms with Crippen LogP contribution in [0.25, 0.3) is 0 Å². The molecule has 0 aromatic heterocycles. The summed E-state index contributed by atoms with van der Waals surface area (Å²) >= 11 is 0. The number of hydrogen-bond donors (Lipinski definition) is 0. The fourth-order valence-electron chi connectivity index (χ4n) is 2.15. The molecule has 0 unspecified atom stereocenters. The van der Waals surface area contributed by atoms with Gasteiger partial charge in [0.15, 0.2) is 0 Å². The van der Waals surface area contributed by atoms with Crippen LogP contribution < -0.4 is 0 Å². The van der Waals surface area contributed by atoms with Gasteiger partial charge in [-0.3, -0.25) is 10.0 Å². The molecule has 2 rings (SSSR count). The maximum atomic E-state index is 10.2. The van der Waals surface area contributed by atoms with E-state index in [1.165, 1.54) is 5.01 Å². The first-order valence-electron chi connectivity index (χ1n) is 4.44. The van der Waals surface area contributed by atoms with E-state index in [1.807, 2.05) is 0 Å². The van der Waals surface area contributed by atoms with E-state index in [9.17, 15) is 9.81 Å². The van der Waals surface area contributed by atoms with Crippen LogP contribution in [0.4, 0.5) is 0 Å². The number of nitrogens with zero attached hydrogens (tertiary/aromatic N) is 4. The van der Waals surface area contributed by atoms with Crippen molar-refractivity contribution < 1.29 is 0 Å². The van der Waals surface area contributed by atoms with Gasteiger partial charge in [-0.1, -0.05) is 0 Å². The van der Waals surface area contributed by atoms with Gasteiger partial charge in [0.05, 0.1) is 10.6 Å². The molecular formula is C7H12N4O2. The highest BCUT2D eigenvalue weighted by atomic mass is 16.3. The Hall–Kier alpha value is -1.20. The molecule has 0 saturated carbocycles. The lowest BCUT2D eigenvalue weighted by atomic mass is 9.73. The van der Waals surface area contributed by atoms with Gasteiger partial charge >= 0.3 is 0 Å². The third-order valence-corrected chi connectivity index (χ3v) is 3.07. The first-order chi connectivity index (χ1) is 6.28. The molecule has 13 heavy (non-hydrogen) atoms. The Labute approximate surface area is 75.8 Å². The molecule has 0 aliphatic carbocycles. The minimum atomic E-state index is 0.245. The van der Waals surface area contributed by atoms with Crippen LogP contribution in [0.2, 0.25) is 0 Å². The molecule has 0 aromatic carbocycles. The second kappa shape index (κ2) is 2.93. The fourth-order valence-corrected chi connectivity index (χ4v) is 2.15. The Balaban J connectivity index is 1.85. The molecule has 2 aliphatic heterocycles. The van der Waals surface area contributed by atoms with E-state index in [0.717, 1.165) is 39.0 Å². The van der Waals surface area contributed by atoms with Crippen molar-refractivity contribution in [3.63, 3.8) is 0 Å². The first kappa shape index (κ1) is 8.40. The van der Waals surface area contributed by atoms with Crippen LogP contribution in [0.5, 0.6) is 0 Å². The molecular weight excluding hydrogens is 172 g/mol. The predicted octanol–water partition coefficient (Wildman–Crippen LogP) is 0.747. The fraction of sp³-hybridized carbons (Fsp3) is 1.00. The van der Waals surface area contributed by atoms with Gasteiger partial charge in [-0.05, 0) is 12.8 Å². The van der Waals surface area contributed by atoms with Crippen LogP contribution in [0.15, 0.2) is 10.6 Å². The monoisotopic (exact) mass is 184 g/mol.